The Morgan fingerprint density at radius 2 is 2.12 bits per heavy atom. The predicted molar refractivity (Wildman–Crippen MR) is 73.6 cm³/mol. The van der Waals surface area contributed by atoms with Crippen molar-refractivity contribution in [2.24, 2.45) is 5.73 Å². The maximum atomic E-state index is 6.24. The van der Waals surface area contributed by atoms with Gasteiger partial charge in [-0.3, -0.25) is 0 Å². The van der Waals surface area contributed by atoms with Gasteiger partial charge in [-0.15, -0.1) is 0 Å². The van der Waals surface area contributed by atoms with Gasteiger partial charge in [0.1, 0.15) is 0 Å². The average Bonchev–Trinajstić information content (AvgIpc) is 2.57. The summed E-state index contributed by atoms with van der Waals surface area (Å²) in [5, 5.41) is 5.11. The van der Waals surface area contributed by atoms with Gasteiger partial charge in [-0.1, -0.05) is 17.7 Å². The highest BCUT2D eigenvalue weighted by atomic mass is 79.9. The Morgan fingerprint density at radius 1 is 1.41 bits per heavy atom. The summed E-state index contributed by atoms with van der Waals surface area (Å²) in [4.78, 5) is 0. The Bertz CT molecular complexity index is 563. The van der Waals surface area contributed by atoms with E-state index in [1.165, 1.54) is 0 Å². The third-order valence-electron chi connectivity index (χ3n) is 2.68. The van der Waals surface area contributed by atoms with Gasteiger partial charge in [0.2, 0.25) is 0 Å². The van der Waals surface area contributed by atoms with Gasteiger partial charge >= 0.3 is 0 Å². The van der Waals surface area contributed by atoms with Crippen molar-refractivity contribution in [2.75, 3.05) is 0 Å². The van der Waals surface area contributed by atoms with Gasteiger partial charge in [0.05, 0.1) is 26.6 Å². The second-order valence-corrected chi connectivity index (χ2v) is 5.09. The highest BCUT2D eigenvalue weighted by Gasteiger charge is 2.12. The lowest BCUT2D eigenvalue weighted by Crippen LogP contribution is -2.02. The molecule has 2 aromatic rings. The molecule has 5 heteroatoms. The van der Waals surface area contributed by atoms with Crippen LogP contribution in [0.15, 0.2) is 22.7 Å². The minimum atomic E-state index is 0.487. The minimum Gasteiger partial charge on any atom is -0.326 e. The van der Waals surface area contributed by atoms with Gasteiger partial charge in [0.15, 0.2) is 0 Å². The van der Waals surface area contributed by atoms with E-state index in [0.717, 1.165) is 27.1 Å². The van der Waals surface area contributed by atoms with E-state index in [4.69, 9.17) is 17.3 Å². The Balaban J connectivity index is 2.57. The molecule has 0 radical (unpaired) electrons. The molecule has 0 aliphatic rings. The first kappa shape index (κ1) is 12.6. The van der Waals surface area contributed by atoms with Crippen LogP contribution >= 0.6 is 27.5 Å². The molecular formula is C12H13BrClN3. The molecule has 17 heavy (non-hydrogen) atoms. The molecule has 1 aromatic carbocycles. The molecule has 0 saturated heterocycles. The first-order valence-electron chi connectivity index (χ1n) is 5.25. The van der Waals surface area contributed by atoms with Crippen LogP contribution in [0.4, 0.5) is 0 Å². The number of hydrogen-bond donors (Lipinski definition) is 1. The number of aryl methyl sites for hydroxylation is 1. The molecule has 3 nitrogen and oxygen atoms in total. The summed E-state index contributed by atoms with van der Waals surface area (Å²) in [5.74, 6) is 0. The topological polar surface area (TPSA) is 43.8 Å². The van der Waals surface area contributed by atoms with E-state index < -0.39 is 0 Å². The van der Waals surface area contributed by atoms with Crippen LogP contribution in [-0.2, 0) is 6.54 Å². The summed E-state index contributed by atoms with van der Waals surface area (Å²) in [6.07, 6.45) is 0. The number of halogens is 2. The molecule has 0 aliphatic heterocycles. The molecule has 0 spiro atoms. The van der Waals surface area contributed by atoms with Gasteiger partial charge in [-0.2, -0.15) is 5.10 Å². The molecular weight excluding hydrogens is 302 g/mol. The predicted octanol–water partition coefficient (Wildman–Crippen LogP) is 3.36. The fraction of sp³-hybridized carbons (Fsp3) is 0.250. The molecule has 0 aliphatic carbocycles. The minimum absolute atomic E-state index is 0.487. The molecule has 1 aromatic heterocycles. The van der Waals surface area contributed by atoms with Crippen molar-refractivity contribution >= 4 is 27.5 Å². The zero-order valence-corrected chi connectivity index (χ0v) is 12.0. The van der Waals surface area contributed by atoms with Gasteiger partial charge in [0.25, 0.3) is 0 Å². The third kappa shape index (κ3) is 2.25. The Labute approximate surface area is 114 Å². The first-order valence-corrected chi connectivity index (χ1v) is 6.42. The molecule has 90 valence electrons. The monoisotopic (exact) mass is 313 g/mol. The normalized spacial score (nSPS) is 10.9. The number of aromatic nitrogens is 2. The summed E-state index contributed by atoms with van der Waals surface area (Å²) in [6, 6.07) is 5.78. The van der Waals surface area contributed by atoms with Crippen LogP contribution < -0.4 is 5.73 Å². The molecule has 0 saturated carbocycles. The van der Waals surface area contributed by atoms with Crippen LogP contribution in [0.25, 0.3) is 5.69 Å². The zero-order valence-electron chi connectivity index (χ0n) is 9.67. The summed E-state index contributed by atoms with van der Waals surface area (Å²) in [7, 11) is 0. The van der Waals surface area contributed by atoms with E-state index >= 15 is 0 Å². The maximum Gasteiger partial charge on any atom is 0.0835 e. The van der Waals surface area contributed by atoms with Crippen LogP contribution in [0, 0.1) is 13.8 Å². The van der Waals surface area contributed by atoms with Gasteiger partial charge in [-0.05, 0) is 47.5 Å². The number of benzene rings is 1. The highest BCUT2D eigenvalue weighted by molar-refractivity contribution is 9.10. The molecule has 0 bridgehead atoms. The number of hydrogen-bond acceptors (Lipinski definition) is 2. The van der Waals surface area contributed by atoms with Gasteiger partial charge < -0.3 is 5.73 Å². The molecule has 0 fully saturated rings. The largest absolute Gasteiger partial charge is 0.326 e. The van der Waals surface area contributed by atoms with Gasteiger partial charge in [-0.25, -0.2) is 4.68 Å². The Kier molecular flexibility index (Phi) is 3.56. The highest BCUT2D eigenvalue weighted by Crippen LogP contribution is 2.27. The SMILES string of the molecule is Cc1nn(-c2ccc(CN)cc2Cl)c(C)c1Br. The van der Waals surface area contributed by atoms with E-state index in [-0.39, 0.29) is 0 Å². The fourth-order valence-corrected chi connectivity index (χ4v) is 2.24. The van der Waals surface area contributed by atoms with Crippen LogP contribution in [0.5, 0.6) is 0 Å². The lowest BCUT2D eigenvalue weighted by molar-refractivity contribution is 0.832. The molecule has 0 atom stereocenters. The van der Waals surface area contributed by atoms with E-state index in [9.17, 15) is 0 Å². The van der Waals surface area contributed by atoms with Crippen molar-refractivity contribution in [1.82, 2.24) is 9.78 Å². The van der Waals surface area contributed by atoms with Crippen molar-refractivity contribution in [3.05, 3.63) is 44.6 Å². The summed E-state index contributed by atoms with van der Waals surface area (Å²) < 4.78 is 2.85. The maximum absolute atomic E-state index is 6.24. The van der Waals surface area contributed by atoms with Gasteiger partial charge in [0, 0.05) is 6.54 Å². The number of nitrogens with zero attached hydrogens (tertiary/aromatic N) is 2. The third-order valence-corrected chi connectivity index (χ3v) is 4.13. The lowest BCUT2D eigenvalue weighted by atomic mass is 10.2. The summed E-state index contributed by atoms with van der Waals surface area (Å²) in [6.45, 7) is 4.44. The molecule has 0 unspecified atom stereocenters. The van der Waals surface area contributed by atoms with E-state index in [0.29, 0.717) is 11.6 Å². The molecule has 1 heterocycles. The second-order valence-electron chi connectivity index (χ2n) is 3.89. The second kappa shape index (κ2) is 4.80. The van der Waals surface area contributed by atoms with Crippen molar-refractivity contribution in [3.63, 3.8) is 0 Å². The van der Waals surface area contributed by atoms with Crippen molar-refractivity contribution < 1.29 is 0 Å². The lowest BCUT2D eigenvalue weighted by Gasteiger charge is -2.08. The molecule has 2 N–H and O–H groups in total. The first-order chi connectivity index (χ1) is 8.04. The molecule has 0 amide bonds. The van der Waals surface area contributed by atoms with Crippen LogP contribution in [0.2, 0.25) is 5.02 Å². The number of nitrogens with two attached hydrogens (primary N) is 1. The van der Waals surface area contributed by atoms with Crippen LogP contribution in [-0.4, -0.2) is 9.78 Å². The van der Waals surface area contributed by atoms with E-state index in [2.05, 4.69) is 21.0 Å². The Hall–Kier alpha value is -0.840. The Morgan fingerprint density at radius 3 is 2.59 bits per heavy atom. The fourth-order valence-electron chi connectivity index (χ4n) is 1.71. The quantitative estimate of drug-likeness (QED) is 0.923. The van der Waals surface area contributed by atoms with Crippen molar-refractivity contribution in [3.8, 4) is 5.69 Å². The summed E-state index contributed by atoms with van der Waals surface area (Å²) >= 11 is 9.75. The van der Waals surface area contributed by atoms with E-state index in [1.54, 1.807) is 0 Å². The average molecular weight is 315 g/mol. The zero-order chi connectivity index (χ0) is 12.6. The van der Waals surface area contributed by atoms with Crippen molar-refractivity contribution in [1.29, 1.82) is 0 Å². The van der Waals surface area contributed by atoms with E-state index in [1.807, 2.05) is 36.7 Å². The standard InChI is InChI=1S/C12H13BrClN3/c1-7-12(13)8(2)17(16-7)11-4-3-9(6-15)5-10(11)14/h3-5H,6,15H2,1-2H3. The smallest absolute Gasteiger partial charge is 0.0835 e. The van der Waals surface area contributed by atoms with Crippen LogP contribution in [0.1, 0.15) is 17.0 Å². The van der Waals surface area contributed by atoms with Crippen molar-refractivity contribution in [2.45, 2.75) is 20.4 Å². The van der Waals surface area contributed by atoms with Crippen LogP contribution in [0.3, 0.4) is 0 Å². The number of rotatable bonds is 2. The summed E-state index contributed by atoms with van der Waals surface area (Å²) in [5.41, 5.74) is 9.44. The molecule has 2 rings (SSSR count).